The molecular formula is C19H22O2. The molecule has 0 saturated carbocycles. The highest BCUT2D eigenvalue weighted by molar-refractivity contribution is 5.84. The molecule has 0 heterocycles. The van der Waals surface area contributed by atoms with Crippen LogP contribution < -0.4 is 0 Å². The standard InChI is InChI=1S/C19H22O2/c1-19(2,18(21)14-20)13-12-15-8-10-17(11-9-15)16-6-4-3-5-7-16/h3-11,20H,12-14H2,1-2H3. The summed E-state index contributed by atoms with van der Waals surface area (Å²) in [4.78, 5) is 11.6. The van der Waals surface area contributed by atoms with Crippen molar-refractivity contribution in [3.63, 3.8) is 0 Å². The van der Waals surface area contributed by atoms with Crippen molar-refractivity contribution in [2.24, 2.45) is 5.41 Å². The van der Waals surface area contributed by atoms with Gasteiger partial charge < -0.3 is 5.11 Å². The zero-order valence-corrected chi connectivity index (χ0v) is 12.7. The lowest BCUT2D eigenvalue weighted by molar-refractivity contribution is -0.130. The van der Waals surface area contributed by atoms with Crippen LogP contribution >= 0.6 is 0 Å². The molecule has 0 aliphatic heterocycles. The summed E-state index contributed by atoms with van der Waals surface area (Å²) in [5.41, 5.74) is 3.16. The minimum absolute atomic E-state index is 0.0941. The number of aliphatic hydroxyl groups is 1. The zero-order valence-electron chi connectivity index (χ0n) is 12.7. The summed E-state index contributed by atoms with van der Waals surface area (Å²) in [5, 5.41) is 8.98. The van der Waals surface area contributed by atoms with Crippen LogP contribution in [-0.4, -0.2) is 17.5 Å². The van der Waals surface area contributed by atoms with Crippen LogP contribution in [-0.2, 0) is 11.2 Å². The Morgan fingerprint density at radius 3 is 2.10 bits per heavy atom. The molecule has 2 nitrogen and oxygen atoms in total. The lowest BCUT2D eigenvalue weighted by Crippen LogP contribution is -2.27. The molecule has 0 atom stereocenters. The lowest BCUT2D eigenvalue weighted by atomic mass is 9.82. The first-order chi connectivity index (χ1) is 10.0. The molecule has 0 aromatic heterocycles. The van der Waals surface area contributed by atoms with Crippen molar-refractivity contribution < 1.29 is 9.90 Å². The number of carbonyl (C=O) groups is 1. The second-order valence-corrected chi connectivity index (χ2v) is 6.03. The Morgan fingerprint density at radius 1 is 0.952 bits per heavy atom. The van der Waals surface area contributed by atoms with Gasteiger partial charge in [-0.05, 0) is 29.5 Å². The van der Waals surface area contributed by atoms with Crippen molar-refractivity contribution in [3.05, 3.63) is 60.2 Å². The number of hydrogen-bond donors (Lipinski definition) is 1. The molecular weight excluding hydrogens is 260 g/mol. The van der Waals surface area contributed by atoms with E-state index in [0.717, 1.165) is 12.8 Å². The maximum atomic E-state index is 11.6. The van der Waals surface area contributed by atoms with Crippen molar-refractivity contribution in [3.8, 4) is 11.1 Å². The van der Waals surface area contributed by atoms with Gasteiger partial charge in [0.2, 0.25) is 0 Å². The molecule has 0 aliphatic carbocycles. The summed E-state index contributed by atoms with van der Waals surface area (Å²) in [6.45, 7) is 3.41. The van der Waals surface area contributed by atoms with Gasteiger partial charge in [-0.15, -0.1) is 0 Å². The van der Waals surface area contributed by atoms with Crippen molar-refractivity contribution in [1.29, 1.82) is 0 Å². The van der Waals surface area contributed by atoms with Gasteiger partial charge in [0, 0.05) is 5.41 Å². The van der Waals surface area contributed by atoms with Crippen molar-refractivity contribution in [2.75, 3.05) is 6.61 Å². The maximum Gasteiger partial charge on any atom is 0.163 e. The second kappa shape index (κ2) is 6.68. The average Bonchev–Trinajstić information content (AvgIpc) is 2.53. The van der Waals surface area contributed by atoms with E-state index in [1.54, 1.807) is 0 Å². The number of benzene rings is 2. The summed E-state index contributed by atoms with van der Waals surface area (Å²) >= 11 is 0. The summed E-state index contributed by atoms with van der Waals surface area (Å²) < 4.78 is 0. The smallest absolute Gasteiger partial charge is 0.163 e. The Hall–Kier alpha value is -1.93. The van der Waals surface area contributed by atoms with E-state index in [9.17, 15) is 4.79 Å². The van der Waals surface area contributed by atoms with E-state index in [1.807, 2.05) is 32.0 Å². The van der Waals surface area contributed by atoms with Gasteiger partial charge in [0.1, 0.15) is 6.61 Å². The SMILES string of the molecule is CC(C)(CCc1ccc(-c2ccccc2)cc1)C(=O)CO. The van der Waals surface area contributed by atoms with Gasteiger partial charge >= 0.3 is 0 Å². The van der Waals surface area contributed by atoms with Crippen molar-refractivity contribution in [2.45, 2.75) is 26.7 Å². The molecule has 0 saturated heterocycles. The van der Waals surface area contributed by atoms with Gasteiger partial charge in [-0.2, -0.15) is 0 Å². The first-order valence-electron chi connectivity index (χ1n) is 7.31. The minimum Gasteiger partial charge on any atom is -0.389 e. The monoisotopic (exact) mass is 282 g/mol. The highest BCUT2D eigenvalue weighted by Crippen LogP contribution is 2.25. The number of aliphatic hydroxyl groups excluding tert-OH is 1. The Kier molecular flexibility index (Phi) is 4.92. The normalized spacial score (nSPS) is 11.4. The number of hydrogen-bond acceptors (Lipinski definition) is 2. The highest BCUT2D eigenvalue weighted by Gasteiger charge is 2.25. The minimum atomic E-state index is -0.465. The van der Waals surface area contributed by atoms with Gasteiger partial charge in [0.05, 0.1) is 0 Å². The Bertz CT molecular complexity index is 583. The third-order valence-corrected chi connectivity index (χ3v) is 4.00. The fourth-order valence-electron chi connectivity index (χ4n) is 2.30. The first kappa shape index (κ1) is 15.5. The number of aryl methyl sites for hydroxylation is 1. The van der Waals surface area contributed by atoms with E-state index in [4.69, 9.17) is 5.11 Å². The van der Waals surface area contributed by atoms with E-state index in [1.165, 1.54) is 16.7 Å². The summed E-state index contributed by atoms with van der Waals surface area (Å²) in [6.07, 6.45) is 1.59. The summed E-state index contributed by atoms with van der Waals surface area (Å²) in [7, 11) is 0. The third-order valence-electron chi connectivity index (χ3n) is 4.00. The number of carbonyl (C=O) groups excluding carboxylic acids is 1. The van der Waals surface area contributed by atoms with Crippen LogP contribution in [0, 0.1) is 5.41 Å². The third kappa shape index (κ3) is 4.02. The fourth-order valence-corrected chi connectivity index (χ4v) is 2.30. The summed E-state index contributed by atoms with van der Waals surface area (Å²) in [6, 6.07) is 18.7. The molecule has 2 rings (SSSR count). The van der Waals surface area contributed by atoms with Crippen LogP contribution in [0.2, 0.25) is 0 Å². The Morgan fingerprint density at radius 2 is 1.52 bits per heavy atom. The topological polar surface area (TPSA) is 37.3 Å². The quantitative estimate of drug-likeness (QED) is 0.873. The van der Waals surface area contributed by atoms with Crippen LogP contribution in [0.1, 0.15) is 25.8 Å². The second-order valence-electron chi connectivity index (χ2n) is 6.03. The number of Topliss-reactive ketones (excluding diaryl/α,β-unsaturated/α-hetero) is 1. The predicted octanol–water partition coefficient (Wildman–Crippen LogP) is 3.87. The molecule has 2 aromatic carbocycles. The Labute approximate surface area is 126 Å². The van der Waals surface area contributed by atoms with Crippen LogP contribution in [0.3, 0.4) is 0 Å². The molecule has 2 aromatic rings. The van der Waals surface area contributed by atoms with Crippen molar-refractivity contribution >= 4 is 5.78 Å². The molecule has 0 unspecified atom stereocenters. The van der Waals surface area contributed by atoms with Crippen molar-refractivity contribution in [1.82, 2.24) is 0 Å². The van der Waals surface area contributed by atoms with E-state index < -0.39 is 5.41 Å². The van der Waals surface area contributed by atoms with Gasteiger partial charge in [0.25, 0.3) is 0 Å². The highest BCUT2D eigenvalue weighted by atomic mass is 16.3. The van der Waals surface area contributed by atoms with E-state index in [2.05, 4.69) is 36.4 Å². The molecule has 0 bridgehead atoms. The first-order valence-corrected chi connectivity index (χ1v) is 7.31. The van der Waals surface area contributed by atoms with Gasteiger partial charge in [-0.1, -0.05) is 68.4 Å². The van der Waals surface area contributed by atoms with E-state index in [-0.39, 0.29) is 12.4 Å². The molecule has 0 spiro atoms. The molecule has 2 heteroatoms. The molecule has 21 heavy (non-hydrogen) atoms. The predicted molar refractivity (Wildman–Crippen MR) is 86.1 cm³/mol. The fraction of sp³-hybridized carbons (Fsp3) is 0.316. The van der Waals surface area contributed by atoms with Crippen LogP contribution in [0.4, 0.5) is 0 Å². The van der Waals surface area contributed by atoms with Crippen LogP contribution in [0.5, 0.6) is 0 Å². The largest absolute Gasteiger partial charge is 0.389 e. The van der Waals surface area contributed by atoms with Crippen LogP contribution in [0.25, 0.3) is 11.1 Å². The van der Waals surface area contributed by atoms with E-state index in [0.29, 0.717) is 0 Å². The number of rotatable bonds is 6. The van der Waals surface area contributed by atoms with E-state index >= 15 is 0 Å². The molecule has 0 aliphatic rings. The van der Waals surface area contributed by atoms with Gasteiger partial charge in [0.15, 0.2) is 5.78 Å². The molecule has 0 radical (unpaired) electrons. The maximum absolute atomic E-state index is 11.6. The summed E-state index contributed by atoms with van der Waals surface area (Å²) in [5.74, 6) is -0.0941. The van der Waals surface area contributed by atoms with Gasteiger partial charge in [-0.3, -0.25) is 4.79 Å². The Balaban J connectivity index is 2.02. The zero-order chi connectivity index (χ0) is 15.3. The molecule has 0 fully saturated rings. The molecule has 1 N–H and O–H groups in total. The molecule has 110 valence electrons. The molecule has 0 amide bonds. The van der Waals surface area contributed by atoms with Gasteiger partial charge in [-0.25, -0.2) is 0 Å². The number of ketones is 1. The average molecular weight is 282 g/mol. The lowest BCUT2D eigenvalue weighted by Gasteiger charge is -2.21. The van der Waals surface area contributed by atoms with Crippen LogP contribution in [0.15, 0.2) is 54.6 Å².